The molecular formula is C9H11BO4S. The third-order valence-corrected chi connectivity index (χ3v) is 4.80. The summed E-state index contributed by atoms with van der Waals surface area (Å²) in [5, 5.41) is 17.8. The predicted molar refractivity (Wildman–Crippen MR) is 56.5 cm³/mol. The maximum Gasteiger partial charge on any atom is 0.489 e. The minimum atomic E-state index is -3.36. The molecular weight excluding hydrogens is 215 g/mol. The van der Waals surface area contributed by atoms with E-state index in [9.17, 15) is 8.42 Å². The lowest BCUT2D eigenvalue weighted by molar-refractivity contribution is 0.424. The molecule has 1 aromatic rings. The molecule has 0 atom stereocenters. The predicted octanol–water partition coefficient (Wildman–Crippen LogP) is -0.698. The van der Waals surface area contributed by atoms with E-state index in [1.54, 1.807) is 12.1 Å². The van der Waals surface area contributed by atoms with Crippen molar-refractivity contribution >= 4 is 22.4 Å². The zero-order valence-electron chi connectivity index (χ0n) is 8.00. The molecule has 0 aromatic heterocycles. The van der Waals surface area contributed by atoms with Crippen molar-refractivity contribution in [3.05, 3.63) is 24.3 Å². The molecule has 0 unspecified atom stereocenters. The molecule has 0 saturated heterocycles. The summed E-state index contributed by atoms with van der Waals surface area (Å²) in [6.07, 6.45) is 1.33. The van der Waals surface area contributed by atoms with E-state index in [0.29, 0.717) is 12.8 Å². The largest absolute Gasteiger partial charge is 0.489 e. The maximum absolute atomic E-state index is 11.9. The molecule has 1 aliphatic carbocycles. The van der Waals surface area contributed by atoms with Gasteiger partial charge in [0.15, 0.2) is 9.84 Å². The summed E-state index contributed by atoms with van der Waals surface area (Å²) in [6, 6.07) is 6.00. The van der Waals surface area contributed by atoms with Crippen LogP contribution in [0.1, 0.15) is 12.8 Å². The van der Waals surface area contributed by atoms with Crippen LogP contribution in [0.3, 0.4) is 0 Å². The van der Waals surface area contributed by atoms with Crippen LogP contribution in [-0.4, -0.2) is 30.8 Å². The molecule has 2 rings (SSSR count). The van der Waals surface area contributed by atoms with Gasteiger partial charge in [0, 0.05) is 5.46 Å². The van der Waals surface area contributed by atoms with Crippen molar-refractivity contribution in [1.82, 2.24) is 0 Å². The molecule has 1 aromatic carbocycles. The second kappa shape index (κ2) is 3.62. The minimum absolute atomic E-state index is 0.0440. The van der Waals surface area contributed by atoms with Crippen LogP contribution < -0.4 is 5.46 Å². The second-order valence-corrected chi connectivity index (χ2v) is 5.85. The van der Waals surface area contributed by atoms with Crippen molar-refractivity contribution in [2.24, 2.45) is 0 Å². The molecule has 0 spiro atoms. The number of hydrogen-bond acceptors (Lipinski definition) is 4. The fourth-order valence-electron chi connectivity index (χ4n) is 1.51. The van der Waals surface area contributed by atoms with E-state index in [1.165, 1.54) is 12.1 Å². The Morgan fingerprint density at radius 2 is 1.80 bits per heavy atom. The van der Waals surface area contributed by atoms with E-state index in [1.807, 2.05) is 0 Å². The molecule has 0 heterocycles. The van der Waals surface area contributed by atoms with Gasteiger partial charge in [-0.1, -0.05) is 18.2 Å². The van der Waals surface area contributed by atoms with Crippen LogP contribution in [-0.2, 0) is 9.84 Å². The molecule has 15 heavy (non-hydrogen) atoms. The molecule has 0 amide bonds. The maximum atomic E-state index is 11.9. The Kier molecular flexibility index (Phi) is 2.58. The lowest BCUT2D eigenvalue weighted by Crippen LogP contribution is -2.34. The number of hydrogen-bond donors (Lipinski definition) is 2. The first-order chi connectivity index (χ1) is 7.03. The Balaban J connectivity index is 2.52. The van der Waals surface area contributed by atoms with Gasteiger partial charge in [0.1, 0.15) is 0 Å². The van der Waals surface area contributed by atoms with Gasteiger partial charge in [-0.3, -0.25) is 0 Å². The van der Waals surface area contributed by atoms with Crippen molar-refractivity contribution in [1.29, 1.82) is 0 Å². The van der Waals surface area contributed by atoms with E-state index in [0.717, 1.165) is 0 Å². The summed E-state index contributed by atoms with van der Waals surface area (Å²) in [7, 11) is -5.10. The summed E-state index contributed by atoms with van der Waals surface area (Å²) in [6.45, 7) is 0. The summed E-state index contributed by atoms with van der Waals surface area (Å²) in [5.41, 5.74) is 0.0596. The van der Waals surface area contributed by atoms with Gasteiger partial charge in [-0.15, -0.1) is 0 Å². The molecule has 2 N–H and O–H groups in total. The van der Waals surface area contributed by atoms with Crippen LogP contribution in [0.4, 0.5) is 0 Å². The fraction of sp³-hybridized carbons (Fsp3) is 0.333. The molecule has 0 radical (unpaired) electrons. The van der Waals surface area contributed by atoms with Gasteiger partial charge in [-0.2, -0.15) is 0 Å². The Morgan fingerprint density at radius 3 is 2.33 bits per heavy atom. The van der Waals surface area contributed by atoms with Crippen LogP contribution in [0.2, 0.25) is 0 Å². The van der Waals surface area contributed by atoms with Crippen LogP contribution in [0.15, 0.2) is 29.2 Å². The van der Waals surface area contributed by atoms with E-state index >= 15 is 0 Å². The van der Waals surface area contributed by atoms with Gasteiger partial charge >= 0.3 is 7.12 Å². The van der Waals surface area contributed by atoms with Gasteiger partial charge < -0.3 is 10.0 Å². The van der Waals surface area contributed by atoms with Gasteiger partial charge in [0.2, 0.25) is 0 Å². The standard InChI is InChI=1S/C9H11BO4S/c11-10(12)8-3-1-2-4-9(8)15(13,14)7-5-6-7/h1-4,7,11-12H,5-6H2. The molecule has 1 aliphatic rings. The highest BCUT2D eigenvalue weighted by Crippen LogP contribution is 2.32. The molecule has 1 fully saturated rings. The normalized spacial score (nSPS) is 16.4. The van der Waals surface area contributed by atoms with E-state index in [2.05, 4.69) is 0 Å². The summed E-state index contributed by atoms with van der Waals surface area (Å²) >= 11 is 0. The minimum Gasteiger partial charge on any atom is -0.423 e. The number of rotatable bonds is 3. The Hall–Kier alpha value is -0.845. The van der Waals surface area contributed by atoms with Gasteiger partial charge in [0.25, 0.3) is 0 Å². The van der Waals surface area contributed by atoms with Gasteiger partial charge in [-0.05, 0) is 18.9 Å². The average Bonchev–Trinajstić information content (AvgIpc) is 3.01. The van der Waals surface area contributed by atoms with Crippen molar-refractivity contribution in [2.45, 2.75) is 23.0 Å². The molecule has 0 aliphatic heterocycles. The van der Waals surface area contributed by atoms with Crippen LogP contribution in [0, 0.1) is 0 Å². The third kappa shape index (κ3) is 1.93. The summed E-state index contributed by atoms with van der Waals surface area (Å²) < 4.78 is 23.8. The molecule has 1 saturated carbocycles. The average molecular weight is 226 g/mol. The SMILES string of the molecule is O=S(=O)(c1ccccc1B(O)O)C1CC1. The zero-order chi connectivity index (χ0) is 11.1. The molecule has 4 nitrogen and oxygen atoms in total. The van der Waals surface area contributed by atoms with Crippen LogP contribution in [0.5, 0.6) is 0 Å². The monoisotopic (exact) mass is 226 g/mol. The van der Waals surface area contributed by atoms with Crippen molar-refractivity contribution in [3.8, 4) is 0 Å². The number of sulfone groups is 1. The Bertz CT molecular complexity index is 465. The molecule has 80 valence electrons. The quantitative estimate of drug-likeness (QED) is 0.668. The first-order valence-corrected chi connectivity index (χ1v) is 6.27. The smallest absolute Gasteiger partial charge is 0.423 e. The Morgan fingerprint density at radius 1 is 1.20 bits per heavy atom. The highest BCUT2D eigenvalue weighted by atomic mass is 32.2. The van der Waals surface area contributed by atoms with E-state index in [4.69, 9.17) is 10.0 Å². The second-order valence-electron chi connectivity index (χ2n) is 3.66. The lowest BCUT2D eigenvalue weighted by atomic mass is 9.80. The van der Waals surface area contributed by atoms with Gasteiger partial charge in [0.05, 0.1) is 10.1 Å². The topological polar surface area (TPSA) is 74.6 Å². The fourth-order valence-corrected chi connectivity index (χ4v) is 3.40. The van der Waals surface area contributed by atoms with Crippen molar-refractivity contribution in [3.63, 3.8) is 0 Å². The Labute approximate surface area is 88.6 Å². The van der Waals surface area contributed by atoms with Gasteiger partial charge in [-0.25, -0.2) is 8.42 Å². The van der Waals surface area contributed by atoms with E-state index < -0.39 is 17.0 Å². The highest BCUT2D eigenvalue weighted by molar-refractivity contribution is 7.92. The highest BCUT2D eigenvalue weighted by Gasteiger charge is 2.39. The zero-order valence-corrected chi connectivity index (χ0v) is 8.81. The molecule has 0 bridgehead atoms. The summed E-state index contributed by atoms with van der Waals surface area (Å²) in [4.78, 5) is 0.0440. The molecule has 6 heteroatoms. The first-order valence-electron chi connectivity index (χ1n) is 4.72. The van der Waals surface area contributed by atoms with Crippen molar-refractivity contribution < 1.29 is 18.5 Å². The lowest BCUT2D eigenvalue weighted by Gasteiger charge is -2.08. The third-order valence-electron chi connectivity index (χ3n) is 2.47. The van der Waals surface area contributed by atoms with Crippen molar-refractivity contribution in [2.75, 3.05) is 0 Å². The van der Waals surface area contributed by atoms with E-state index in [-0.39, 0.29) is 15.6 Å². The first kappa shape index (κ1) is 10.7. The van der Waals surface area contributed by atoms with Crippen LogP contribution >= 0.6 is 0 Å². The van der Waals surface area contributed by atoms with Crippen LogP contribution in [0.25, 0.3) is 0 Å². The number of benzene rings is 1. The summed E-state index contributed by atoms with van der Waals surface area (Å²) in [5.74, 6) is 0.